The summed E-state index contributed by atoms with van der Waals surface area (Å²) in [4.78, 5) is 0. The van der Waals surface area contributed by atoms with E-state index in [1.165, 1.54) is 11.3 Å². The predicted octanol–water partition coefficient (Wildman–Crippen LogP) is 4.16. The molecule has 2 heterocycles. The molecule has 4 nitrogen and oxygen atoms in total. The highest BCUT2D eigenvalue weighted by molar-refractivity contribution is 9.10. The van der Waals surface area contributed by atoms with E-state index in [1.807, 2.05) is 20.1 Å². The number of hydrogen-bond donors (Lipinski definition) is 1. The lowest BCUT2D eigenvalue weighted by atomic mass is 10.0. The summed E-state index contributed by atoms with van der Waals surface area (Å²) in [5.41, 5.74) is 3.49. The summed E-state index contributed by atoms with van der Waals surface area (Å²) in [6.07, 6.45) is 3.87. The van der Waals surface area contributed by atoms with E-state index in [-0.39, 0.29) is 6.04 Å². The smallest absolute Gasteiger partial charge is 0.101 e. The summed E-state index contributed by atoms with van der Waals surface area (Å²) in [5, 5.41) is 8.19. The van der Waals surface area contributed by atoms with E-state index in [2.05, 4.69) is 50.9 Å². The first-order chi connectivity index (χ1) is 10.1. The minimum atomic E-state index is 0.250. The molecule has 0 aromatic carbocycles. The largest absolute Gasteiger partial charge is 0.469 e. The van der Waals surface area contributed by atoms with Crippen LogP contribution in [0.3, 0.4) is 0 Å². The molecular formula is C16H24BrN3O. The lowest BCUT2D eigenvalue weighted by molar-refractivity contribution is 0.488. The van der Waals surface area contributed by atoms with Crippen molar-refractivity contribution in [3.05, 3.63) is 39.5 Å². The quantitative estimate of drug-likeness (QED) is 0.812. The lowest BCUT2D eigenvalue weighted by Crippen LogP contribution is -2.25. The van der Waals surface area contributed by atoms with Crippen LogP contribution in [-0.4, -0.2) is 16.3 Å². The van der Waals surface area contributed by atoms with Gasteiger partial charge in [-0.05, 0) is 55.7 Å². The van der Waals surface area contributed by atoms with E-state index in [9.17, 15) is 0 Å². The van der Waals surface area contributed by atoms with Crippen molar-refractivity contribution >= 4 is 15.9 Å². The Hall–Kier alpha value is -1.07. The Morgan fingerprint density at radius 2 is 2.14 bits per heavy atom. The van der Waals surface area contributed by atoms with Crippen LogP contribution in [0.25, 0.3) is 0 Å². The van der Waals surface area contributed by atoms with Crippen molar-refractivity contribution in [1.29, 1.82) is 0 Å². The molecule has 1 unspecified atom stereocenters. The molecule has 2 aromatic rings. The highest BCUT2D eigenvalue weighted by atomic mass is 79.9. The first-order valence-corrected chi connectivity index (χ1v) is 8.36. The molecule has 2 aromatic heterocycles. The van der Waals surface area contributed by atoms with Gasteiger partial charge in [0.1, 0.15) is 5.76 Å². The number of nitrogens with one attached hydrogen (secondary N) is 1. The second kappa shape index (κ2) is 7.27. The van der Waals surface area contributed by atoms with E-state index in [4.69, 9.17) is 4.42 Å². The van der Waals surface area contributed by atoms with Gasteiger partial charge in [-0.1, -0.05) is 6.92 Å². The maximum Gasteiger partial charge on any atom is 0.101 e. The van der Waals surface area contributed by atoms with Gasteiger partial charge in [-0.25, -0.2) is 0 Å². The van der Waals surface area contributed by atoms with Gasteiger partial charge in [-0.15, -0.1) is 0 Å². The van der Waals surface area contributed by atoms with Crippen molar-refractivity contribution in [3.8, 4) is 0 Å². The van der Waals surface area contributed by atoms with Crippen molar-refractivity contribution in [2.45, 2.75) is 53.1 Å². The zero-order chi connectivity index (χ0) is 15.4. The van der Waals surface area contributed by atoms with E-state index in [1.54, 1.807) is 0 Å². The third-order valence-corrected chi connectivity index (χ3v) is 4.68. The van der Waals surface area contributed by atoms with Gasteiger partial charge in [0.05, 0.1) is 22.1 Å². The lowest BCUT2D eigenvalue weighted by Gasteiger charge is -2.18. The summed E-state index contributed by atoms with van der Waals surface area (Å²) >= 11 is 3.68. The van der Waals surface area contributed by atoms with Crippen molar-refractivity contribution < 1.29 is 4.42 Å². The normalized spacial score (nSPS) is 12.8. The number of halogens is 1. The van der Waals surface area contributed by atoms with Crippen LogP contribution in [0.4, 0.5) is 0 Å². The average molecular weight is 354 g/mol. The standard InChI is InChI=1S/C16H24BrN3O/c1-5-7-18-14(13-8-11(3)21-10-13)9-15-16(17)12(4)19-20(15)6-2/h8,10,14,18H,5-7,9H2,1-4H3. The van der Waals surface area contributed by atoms with E-state index in [0.717, 1.165) is 41.9 Å². The van der Waals surface area contributed by atoms with E-state index in [0.29, 0.717) is 0 Å². The molecule has 0 fully saturated rings. The van der Waals surface area contributed by atoms with Crippen LogP contribution < -0.4 is 5.32 Å². The maximum absolute atomic E-state index is 5.48. The van der Waals surface area contributed by atoms with Crippen molar-refractivity contribution in [1.82, 2.24) is 15.1 Å². The summed E-state index contributed by atoms with van der Waals surface area (Å²) < 4.78 is 8.68. The molecule has 1 N–H and O–H groups in total. The third-order valence-electron chi connectivity index (χ3n) is 3.64. The molecule has 116 valence electrons. The third kappa shape index (κ3) is 3.77. The fraction of sp³-hybridized carbons (Fsp3) is 0.562. The Kier molecular flexibility index (Phi) is 5.65. The molecule has 0 aliphatic heterocycles. The monoisotopic (exact) mass is 353 g/mol. The van der Waals surface area contributed by atoms with Crippen molar-refractivity contribution in [3.63, 3.8) is 0 Å². The minimum absolute atomic E-state index is 0.250. The average Bonchev–Trinajstić information content (AvgIpc) is 3.01. The molecule has 0 bridgehead atoms. The van der Waals surface area contributed by atoms with Crippen LogP contribution in [0, 0.1) is 13.8 Å². The molecule has 5 heteroatoms. The second-order valence-electron chi connectivity index (χ2n) is 5.36. The van der Waals surface area contributed by atoms with Gasteiger partial charge < -0.3 is 9.73 Å². The topological polar surface area (TPSA) is 43.0 Å². The fourth-order valence-electron chi connectivity index (χ4n) is 2.53. The second-order valence-corrected chi connectivity index (χ2v) is 6.16. The number of hydrogen-bond acceptors (Lipinski definition) is 3. The van der Waals surface area contributed by atoms with Gasteiger partial charge in [0, 0.05) is 24.6 Å². The zero-order valence-electron chi connectivity index (χ0n) is 13.2. The van der Waals surface area contributed by atoms with Crippen LogP contribution in [0.1, 0.15) is 49.0 Å². The number of furan rings is 1. The van der Waals surface area contributed by atoms with Crippen LogP contribution in [0.5, 0.6) is 0 Å². The molecule has 0 radical (unpaired) electrons. The molecule has 2 rings (SSSR count). The molecule has 0 spiro atoms. The van der Waals surface area contributed by atoms with Gasteiger partial charge in [-0.3, -0.25) is 4.68 Å². The van der Waals surface area contributed by atoms with Gasteiger partial charge in [0.15, 0.2) is 0 Å². The Morgan fingerprint density at radius 3 is 2.71 bits per heavy atom. The summed E-state index contributed by atoms with van der Waals surface area (Å²) in [7, 11) is 0. The molecule has 1 atom stereocenters. The van der Waals surface area contributed by atoms with Crippen LogP contribution >= 0.6 is 15.9 Å². The fourth-order valence-corrected chi connectivity index (χ4v) is 2.98. The molecule has 0 amide bonds. The van der Waals surface area contributed by atoms with Crippen LogP contribution in [0.15, 0.2) is 21.2 Å². The van der Waals surface area contributed by atoms with Crippen molar-refractivity contribution in [2.24, 2.45) is 0 Å². The van der Waals surface area contributed by atoms with Gasteiger partial charge in [-0.2, -0.15) is 5.10 Å². The number of rotatable bonds is 7. The van der Waals surface area contributed by atoms with Gasteiger partial charge >= 0.3 is 0 Å². The predicted molar refractivity (Wildman–Crippen MR) is 88.5 cm³/mol. The van der Waals surface area contributed by atoms with E-state index < -0.39 is 0 Å². The van der Waals surface area contributed by atoms with Crippen LogP contribution in [0.2, 0.25) is 0 Å². The van der Waals surface area contributed by atoms with Crippen LogP contribution in [-0.2, 0) is 13.0 Å². The molecule has 0 saturated heterocycles. The zero-order valence-corrected chi connectivity index (χ0v) is 14.8. The molecule has 0 aliphatic rings. The summed E-state index contributed by atoms with van der Waals surface area (Å²) in [6.45, 7) is 10.2. The number of aryl methyl sites for hydroxylation is 3. The molecule has 0 aliphatic carbocycles. The first kappa shape index (κ1) is 16.3. The minimum Gasteiger partial charge on any atom is -0.469 e. The highest BCUT2D eigenvalue weighted by Crippen LogP contribution is 2.27. The Bertz CT molecular complexity index is 588. The van der Waals surface area contributed by atoms with Crippen molar-refractivity contribution in [2.75, 3.05) is 6.54 Å². The summed E-state index contributed by atoms with van der Waals surface area (Å²) in [5.74, 6) is 0.951. The van der Waals surface area contributed by atoms with Gasteiger partial charge in [0.25, 0.3) is 0 Å². The summed E-state index contributed by atoms with van der Waals surface area (Å²) in [6, 6.07) is 2.36. The number of aromatic nitrogens is 2. The highest BCUT2D eigenvalue weighted by Gasteiger charge is 2.19. The molecule has 21 heavy (non-hydrogen) atoms. The Labute approximate surface area is 135 Å². The Morgan fingerprint density at radius 1 is 1.38 bits per heavy atom. The van der Waals surface area contributed by atoms with E-state index >= 15 is 0 Å². The maximum atomic E-state index is 5.48. The van der Waals surface area contributed by atoms with Gasteiger partial charge in [0.2, 0.25) is 0 Å². The first-order valence-electron chi connectivity index (χ1n) is 7.57. The Balaban J connectivity index is 2.26. The molecule has 0 saturated carbocycles. The SMILES string of the molecule is CCCNC(Cc1c(Br)c(C)nn1CC)c1coc(C)c1. The molecular weight excluding hydrogens is 330 g/mol. The number of nitrogens with zero attached hydrogens (tertiary/aromatic N) is 2.